The third-order valence-electron chi connectivity index (χ3n) is 14.5. The molecule has 1 atom stereocenters. The molecule has 0 saturated carbocycles. The Labute approximate surface area is 391 Å². The van der Waals surface area contributed by atoms with Crippen LogP contribution in [-0.2, 0) is 5.41 Å². The summed E-state index contributed by atoms with van der Waals surface area (Å²) in [6.07, 6.45) is 0. The molecule has 12 aromatic carbocycles. The molecule has 314 valence electrons. The van der Waals surface area contributed by atoms with Gasteiger partial charge < -0.3 is 4.90 Å². The molecule has 0 heterocycles. The molecule has 1 aliphatic rings. The molecule has 0 amide bonds. The fourth-order valence-corrected chi connectivity index (χ4v) is 11.5. The minimum absolute atomic E-state index is 0.356. The Morgan fingerprint density at radius 2 is 0.791 bits per heavy atom. The van der Waals surface area contributed by atoms with E-state index in [9.17, 15) is 0 Å². The molecule has 0 saturated heterocycles. The summed E-state index contributed by atoms with van der Waals surface area (Å²) in [5, 5.41) is 9.87. The Hall–Kier alpha value is -8.52. The average Bonchev–Trinajstić information content (AvgIpc) is 3.68. The maximum atomic E-state index is 2.58. The van der Waals surface area contributed by atoms with Crippen LogP contribution in [0.3, 0.4) is 0 Å². The summed E-state index contributed by atoms with van der Waals surface area (Å²) in [7, 11) is 0. The van der Waals surface area contributed by atoms with Crippen molar-refractivity contribution in [1.29, 1.82) is 0 Å². The van der Waals surface area contributed by atoms with Crippen LogP contribution in [0.2, 0.25) is 0 Å². The van der Waals surface area contributed by atoms with Crippen molar-refractivity contribution in [2.45, 2.75) is 12.3 Å². The van der Waals surface area contributed by atoms with E-state index >= 15 is 0 Å². The van der Waals surface area contributed by atoms with Gasteiger partial charge in [0, 0.05) is 21.9 Å². The van der Waals surface area contributed by atoms with E-state index in [1.807, 2.05) is 0 Å². The van der Waals surface area contributed by atoms with Crippen LogP contribution in [-0.4, -0.2) is 0 Å². The summed E-state index contributed by atoms with van der Waals surface area (Å²) >= 11 is 0. The molecule has 12 aromatic rings. The SMILES string of the molecule is CC1(c2ccccc2)c2ccccc2-c2c(N(c3ccccc3-c3ccc4c(c3)c(-c3ccccc3)c(-c3ccccc3)c3ccccc34)c3cc4ccccc4c4ccccc34)cccc21. The maximum absolute atomic E-state index is 2.58. The zero-order valence-electron chi connectivity index (χ0n) is 37.2. The van der Waals surface area contributed by atoms with Crippen LogP contribution in [0.1, 0.15) is 23.6 Å². The van der Waals surface area contributed by atoms with Gasteiger partial charge in [0.25, 0.3) is 0 Å². The van der Waals surface area contributed by atoms with Gasteiger partial charge in [0.05, 0.1) is 17.1 Å². The molecule has 67 heavy (non-hydrogen) atoms. The van der Waals surface area contributed by atoms with E-state index in [-0.39, 0.29) is 5.41 Å². The van der Waals surface area contributed by atoms with Crippen molar-refractivity contribution in [3.63, 3.8) is 0 Å². The first kappa shape index (κ1) is 38.9. The highest BCUT2D eigenvalue weighted by Gasteiger charge is 2.42. The maximum Gasteiger partial charge on any atom is 0.0546 e. The first-order valence-corrected chi connectivity index (χ1v) is 23.3. The summed E-state index contributed by atoms with van der Waals surface area (Å²) < 4.78 is 0. The zero-order valence-corrected chi connectivity index (χ0v) is 37.2. The average molecular weight is 852 g/mol. The van der Waals surface area contributed by atoms with Crippen molar-refractivity contribution in [2.75, 3.05) is 4.90 Å². The van der Waals surface area contributed by atoms with Gasteiger partial charge in [0.15, 0.2) is 0 Å². The number of para-hydroxylation sites is 1. The molecule has 0 fully saturated rings. The number of nitrogens with zero attached hydrogens (tertiary/aromatic N) is 1. The number of rotatable bonds is 7. The Morgan fingerprint density at radius 3 is 1.52 bits per heavy atom. The summed E-state index contributed by atoms with van der Waals surface area (Å²) in [6.45, 7) is 2.41. The molecule has 1 aliphatic carbocycles. The van der Waals surface area contributed by atoms with E-state index < -0.39 is 0 Å². The Kier molecular flexibility index (Phi) is 9.05. The summed E-state index contributed by atoms with van der Waals surface area (Å²) in [4.78, 5) is 2.58. The predicted molar refractivity (Wildman–Crippen MR) is 285 cm³/mol. The molecule has 0 aliphatic heterocycles. The molecular weight excluding hydrogens is 807 g/mol. The summed E-state index contributed by atoms with van der Waals surface area (Å²) in [6, 6.07) is 94.3. The lowest BCUT2D eigenvalue weighted by Crippen LogP contribution is -2.22. The second kappa shape index (κ2) is 15.6. The molecule has 13 rings (SSSR count). The Balaban J connectivity index is 1.13. The lowest BCUT2D eigenvalue weighted by atomic mass is 9.74. The van der Waals surface area contributed by atoms with Crippen molar-refractivity contribution in [1.82, 2.24) is 0 Å². The van der Waals surface area contributed by atoms with Gasteiger partial charge in [0.2, 0.25) is 0 Å². The van der Waals surface area contributed by atoms with E-state index in [1.165, 1.54) is 93.2 Å². The number of anilines is 3. The number of hydrogen-bond acceptors (Lipinski definition) is 1. The predicted octanol–water partition coefficient (Wildman–Crippen LogP) is 18.1. The van der Waals surface area contributed by atoms with Crippen LogP contribution >= 0.6 is 0 Å². The van der Waals surface area contributed by atoms with Crippen LogP contribution in [0, 0.1) is 0 Å². The first-order chi connectivity index (χ1) is 33.2. The second-order valence-electron chi connectivity index (χ2n) is 18.0. The van der Waals surface area contributed by atoms with Crippen LogP contribution in [0.5, 0.6) is 0 Å². The quantitative estimate of drug-likeness (QED) is 0.144. The minimum Gasteiger partial charge on any atom is -0.309 e. The van der Waals surface area contributed by atoms with E-state index in [2.05, 4.69) is 267 Å². The van der Waals surface area contributed by atoms with Crippen molar-refractivity contribution >= 4 is 60.2 Å². The van der Waals surface area contributed by atoms with Gasteiger partial charge in [-0.2, -0.15) is 0 Å². The van der Waals surface area contributed by atoms with Gasteiger partial charge >= 0.3 is 0 Å². The molecule has 0 radical (unpaired) electrons. The highest BCUT2D eigenvalue weighted by molar-refractivity contribution is 6.22. The van der Waals surface area contributed by atoms with E-state index in [0.29, 0.717) is 0 Å². The topological polar surface area (TPSA) is 3.24 Å². The van der Waals surface area contributed by atoms with Crippen molar-refractivity contribution in [3.8, 4) is 44.5 Å². The monoisotopic (exact) mass is 851 g/mol. The second-order valence-corrected chi connectivity index (χ2v) is 18.0. The standard InChI is InChI=1S/C66H45N/c1-66(48-27-9-4-10-28-48)58-36-19-17-35-56(58)65-59(66)37-21-39-61(65)67(62-43-46-26-11-12-29-49(46)51-31-13-15-33-54(51)62)60-38-20-18-30-50(60)47-40-41-53-52-32-14-16-34-55(52)63(44-22-5-2-6-23-44)64(57(53)42-47)45-24-7-3-8-25-45/h2-43H,1H3. The lowest BCUT2D eigenvalue weighted by Gasteiger charge is -2.32. The van der Waals surface area contributed by atoms with Crippen molar-refractivity contribution in [3.05, 3.63) is 271 Å². The van der Waals surface area contributed by atoms with Crippen LogP contribution in [0.15, 0.2) is 255 Å². The number of benzene rings is 12. The zero-order chi connectivity index (χ0) is 44.5. The molecule has 0 aromatic heterocycles. The van der Waals surface area contributed by atoms with Gasteiger partial charge in [-0.05, 0) is 119 Å². The molecule has 1 heteroatoms. The molecule has 1 unspecified atom stereocenters. The van der Waals surface area contributed by atoms with Gasteiger partial charge in [-0.15, -0.1) is 0 Å². The normalized spacial score (nSPS) is 14.1. The summed E-state index contributed by atoms with van der Waals surface area (Å²) in [5.41, 5.74) is 16.7. The molecule has 1 nitrogen and oxygen atoms in total. The van der Waals surface area contributed by atoms with Crippen molar-refractivity contribution in [2.24, 2.45) is 0 Å². The van der Waals surface area contributed by atoms with E-state index in [0.717, 1.165) is 28.2 Å². The fourth-order valence-electron chi connectivity index (χ4n) is 11.5. The highest BCUT2D eigenvalue weighted by Crippen LogP contribution is 2.58. The molecular formula is C66H45N. The van der Waals surface area contributed by atoms with Crippen LogP contribution in [0.4, 0.5) is 17.1 Å². The van der Waals surface area contributed by atoms with E-state index in [4.69, 9.17) is 0 Å². The summed E-state index contributed by atoms with van der Waals surface area (Å²) in [5.74, 6) is 0. The van der Waals surface area contributed by atoms with Gasteiger partial charge in [-0.25, -0.2) is 0 Å². The highest BCUT2D eigenvalue weighted by atomic mass is 15.1. The van der Waals surface area contributed by atoms with Crippen molar-refractivity contribution < 1.29 is 0 Å². The Bertz CT molecular complexity index is 3870. The lowest BCUT2D eigenvalue weighted by molar-refractivity contribution is 0.714. The third-order valence-corrected chi connectivity index (χ3v) is 14.5. The fraction of sp³-hybridized carbons (Fsp3) is 0.0303. The van der Waals surface area contributed by atoms with Gasteiger partial charge in [-0.1, -0.05) is 231 Å². The Morgan fingerprint density at radius 1 is 0.284 bits per heavy atom. The molecule has 0 spiro atoms. The van der Waals surface area contributed by atoms with Crippen LogP contribution < -0.4 is 4.90 Å². The first-order valence-electron chi connectivity index (χ1n) is 23.3. The number of fused-ring (bicyclic) bond motifs is 9. The third kappa shape index (κ3) is 6.02. The minimum atomic E-state index is -0.356. The van der Waals surface area contributed by atoms with Gasteiger partial charge in [0.1, 0.15) is 0 Å². The molecule has 0 N–H and O–H groups in total. The molecule has 0 bridgehead atoms. The van der Waals surface area contributed by atoms with Crippen LogP contribution in [0.25, 0.3) is 87.6 Å². The smallest absolute Gasteiger partial charge is 0.0546 e. The largest absolute Gasteiger partial charge is 0.309 e. The van der Waals surface area contributed by atoms with E-state index in [1.54, 1.807) is 0 Å². The van der Waals surface area contributed by atoms with Gasteiger partial charge in [-0.3, -0.25) is 0 Å². The number of hydrogen-bond donors (Lipinski definition) is 0.